The molecule has 20 heavy (non-hydrogen) atoms. The van der Waals surface area contributed by atoms with Crippen molar-refractivity contribution < 1.29 is 13.2 Å². The molecule has 1 nitrogen and oxygen atoms in total. The highest BCUT2D eigenvalue weighted by Crippen LogP contribution is 2.39. The zero-order valence-corrected chi connectivity index (χ0v) is 13.8. The van der Waals surface area contributed by atoms with Gasteiger partial charge in [0.05, 0.1) is 18.6 Å². The predicted molar refractivity (Wildman–Crippen MR) is 82.4 cm³/mol. The summed E-state index contributed by atoms with van der Waals surface area (Å²) in [6, 6.07) is 4.40. The summed E-state index contributed by atoms with van der Waals surface area (Å²) in [4.78, 5) is 3.37. The third-order valence-corrected chi connectivity index (χ3v) is 4.74. The fourth-order valence-corrected chi connectivity index (χ4v) is 3.11. The maximum absolute atomic E-state index is 12.8. The number of benzene rings is 1. The summed E-state index contributed by atoms with van der Waals surface area (Å²) >= 11 is 19.2. The van der Waals surface area contributed by atoms with Crippen molar-refractivity contribution in [3.05, 3.63) is 48.7 Å². The van der Waals surface area contributed by atoms with Crippen LogP contribution in [-0.4, -0.2) is 4.98 Å². The van der Waals surface area contributed by atoms with Gasteiger partial charge in [0, 0.05) is 6.20 Å². The average Bonchev–Trinajstić information content (AvgIpc) is 2.34. The van der Waals surface area contributed by atoms with Crippen LogP contribution in [0.1, 0.15) is 5.69 Å². The fourth-order valence-electron chi connectivity index (χ4n) is 1.58. The van der Waals surface area contributed by atoms with Crippen LogP contribution in [0.3, 0.4) is 0 Å². The van der Waals surface area contributed by atoms with Gasteiger partial charge in [-0.05, 0) is 51.9 Å². The summed E-state index contributed by atoms with van der Waals surface area (Å²) in [5, 5.41) is 0.517. The maximum atomic E-state index is 12.8. The van der Waals surface area contributed by atoms with E-state index in [4.69, 9.17) is 34.8 Å². The Morgan fingerprint density at radius 1 is 1.05 bits per heavy atom. The summed E-state index contributed by atoms with van der Waals surface area (Å²) < 4.78 is 38.5. The molecule has 1 aromatic heterocycles. The Bertz CT molecular complexity index is 650. The fraction of sp³-hybridized carbons (Fsp3) is 0.0833. The Balaban J connectivity index is 2.66. The highest BCUT2D eigenvalue weighted by atomic mass is 127. The molecule has 0 aliphatic heterocycles. The van der Waals surface area contributed by atoms with Crippen molar-refractivity contribution in [1.82, 2.24) is 4.98 Å². The quantitative estimate of drug-likeness (QED) is 0.364. The Hall–Kier alpha value is -0.240. The lowest BCUT2D eigenvalue weighted by atomic mass is 10.1. The molecule has 0 aliphatic rings. The zero-order chi connectivity index (χ0) is 15.1. The molecule has 0 saturated heterocycles. The topological polar surface area (TPSA) is 12.9 Å². The summed E-state index contributed by atoms with van der Waals surface area (Å²) in [6.45, 7) is 0. The van der Waals surface area contributed by atoms with E-state index in [-0.39, 0.29) is 18.6 Å². The summed E-state index contributed by atoms with van der Waals surface area (Å²) in [6.07, 6.45) is -3.43. The van der Waals surface area contributed by atoms with Crippen LogP contribution in [0, 0.1) is 3.57 Å². The van der Waals surface area contributed by atoms with E-state index >= 15 is 0 Å². The second-order valence-corrected chi connectivity index (χ2v) is 6.04. The molecule has 0 unspecified atom stereocenters. The third-order valence-electron chi connectivity index (χ3n) is 2.45. The van der Waals surface area contributed by atoms with E-state index in [0.717, 1.165) is 6.20 Å². The standard InChI is InChI=1S/C12H4Cl3F3IN/c13-7-3-5(4-8(14)9(7)15)6-1-2-20-11(10(6)19)12(16,17)18/h1-4H. The molecule has 106 valence electrons. The molecule has 0 saturated carbocycles. The molecular weight excluding hydrogens is 448 g/mol. The summed E-state index contributed by atoms with van der Waals surface area (Å²) in [5.74, 6) is 0. The summed E-state index contributed by atoms with van der Waals surface area (Å²) in [7, 11) is 0. The predicted octanol–water partition coefficient (Wildman–Crippen LogP) is 6.33. The van der Waals surface area contributed by atoms with Crippen molar-refractivity contribution in [1.29, 1.82) is 0 Å². The van der Waals surface area contributed by atoms with Crippen molar-refractivity contribution in [3.63, 3.8) is 0 Å². The Labute approximate surface area is 141 Å². The Kier molecular flexibility index (Phi) is 4.73. The summed E-state index contributed by atoms with van der Waals surface area (Å²) in [5.41, 5.74) is -0.159. The van der Waals surface area contributed by atoms with Crippen LogP contribution in [-0.2, 0) is 6.18 Å². The first-order valence-corrected chi connectivity index (χ1v) is 7.29. The number of hydrogen-bond acceptors (Lipinski definition) is 1. The number of alkyl halides is 3. The van der Waals surface area contributed by atoms with Gasteiger partial charge in [0.15, 0.2) is 5.69 Å². The van der Waals surface area contributed by atoms with Gasteiger partial charge >= 0.3 is 6.18 Å². The molecule has 0 atom stereocenters. The third kappa shape index (κ3) is 3.16. The zero-order valence-electron chi connectivity index (χ0n) is 9.40. The normalized spacial score (nSPS) is 11.8. The first-order valence-electron chi connectivity index (χ1n) is 5.08. The van der Waals surface area contributed by atoms with Gasteiger partial charge < -0.3 is 0 Å². The van der Waals surface area contributed by atoms with Gasteiger partial charge in [-0.15, -0.1) is 0 Å². The SMILES string of the molecule is FC(F)(F)c1nccc(-c2cc(Cl)c(Cl)c(Cl)c2)c1I. The smallest absolute Gasteiger partial charge is 0.251 e. The van der Waals surface area contributed by atoms with E-state index in [1.807, 2.05) is 0 Å². The molecule has 0 bridgehead atoms. The van der Waals surface area contributed by atoms with Crippen molar-refractivity contribution >= 4 is 57.4 Å². The number of halogens is 7. The van der Waals surface area contributed by atoms with E-state index in [9.17, 15) is 13.2 Å². The van der Waals surface area contributed by atoms with Gasteiger partial charge in [-0.3, -0.25) is 4.98 Å². The minimum absolute atomic E-state index is 0.0212. The molecule has 0 aliphatic carbocycles. The van der Waals surface area contributed by atoms with Crippen molar-refractivity contribution in [2.24, 2.45) is 0 Å². The molecule has 1 aromatic carbocycles. The van der Waals surface area contributed by atoms with Crippen molar-refractivity contribution in [2.75, 3.05) is 0 Å². The van der Waals surface area contributed by atoms with Gasteiger partial charge in [-0.2, -0.15) is 13.2 Å². The molecule has 0 radical (unpaired) electrons. The molecular formula is C12H4Cl3F3IN. The minimum atomic E-state index is -4.52. The van der Waals surface area contributed by atoms with Gasteiger partial charge in [0.2, 0.25) is 0 Å². The van der Waals surface area contributed by atoms with Crippen LogP contribution < -0.4 is 0 Å². The highest BCUT2D eigenvalue weighted by molar-refractivity contribution is 14.1. The largest absolute Gasteiger partial charge is 0.434 e. The van der Waals surface area contributed by atoms with Crippen molar-refractivity contribution in [2.45, 2.75) is 6.18 Å². The first-order chi connectivity index (χ1) is 9.21. The lowest BCUT2D eigenvalue weighted by Crippen LogP contribution is -2.11. The van der Waals surface area contributed by atoms with Crippen LogP contribution in [0.2, 0.25) is 15.1 Å². The minimum Gasteiger partial charge on any atom is -0.251 e. The van der Waals surface area contributed by atoms with Crippen LogP contribution in [0.4, 0.5) is 13.2 Å². The average molecular weight is 452 g/mol. The molecule has 2 aromatic rings. The van der Waals surface area contributed by atoms with Gasteiger partial charge in [0.25, 0.3) is 0 Å². The van der Waals surface area contributed by atoms with Crippen LogP contribution in [0.15, 0.2) is 24.4 Å². The number of nitrogens with zero attached hydrogens (tertiary/aromatic N) is 1. The molecule has 0 fully saturated rings. The number of hydrogen-bond donors (Lipinski definition) is 0. The Morgan fingerprint density at radius 3 is 2.10 bits per heavy atom. The second kappa shape index (κ2) is 5.87. The van der Waals surface area contributed by atoms with Crippen LogP contribution in [0.25, 0.3) is 11.1 Å². The lowest BCUT2D eigenvalue weighted by molar-refractivity contribution is -0.141. The lowest BCUT2D eigenvalue weighted by Gasteiger charge is -2.12. The maximum Gasteiger partial charge on any atom is 0.434 e. The molecule has 0 spiro atoms. The number of aromatic nitrogens is 1. The molecule has 2 rings (SSSR count). The van der Waals surface area contributed by atoms with E-state index in [1.54, 1.807) is 22.6 Å². The van der Waals surface area contributed by atoms with E-state index in [0.29, 0.717) is 11.1 Å². The van der Waals surface area contributed by atoms with Crippen LogP contribution in [0.5, 0.6) is 0 Å². The first kappa shape index (κ1) is 16.1. The molecule has 0 amide bonds. The van der Waals surface area contributed by atoms with Crippen LogP contribution >= 0.6 is 57.4 Å². The molecule has 0 N–H and O–H groups in total. The molecule has 1 heterocycles. The van der Waals surface area contributed by atoms with Gasteiger partial charge in [-0.25, -0.2) is 0 Å². The van der Waals surface area contributed by atoms with E-state index in [2.05, 4.69) is 4.98 Å². The monoisotopic (exact) mass is 451 g/mol. The number of pyridine rings is 1. The van der Waals surface area contributed by atoms with E-state index < -0.39 is 11.9 Å². The molecule has 8 heteroatoms. The highest BCUT2D eigenvalue weighted by Gasteiger charge is 2.35. The number of rotatable bonds is 1. The Morgan fingerprint density at radius 2 is 1.60 bits per heavy atom. The van der Waals surface area contributed by atoms with Gasteiger partial charge in [0.1, 0.15) is 0 Å². The van der Waals surface area contributed by atoms with E-state index in [1.165, 1.54) is 18.2 Å². The van der Waals surface area contributed by atoms with Crippen molar-refractivity contribution in [3.8, 4) is 11.1 Å². The second-order valence-electron chi connectivity index (χ2n) is 3.77. The van der Waals surface area contributed by atoms with Gasteiger partial charge in [-0.1, -0.05) is 34.8 Å².